The minimum atomic E-state index is -0.0787. The maximum atomic E-state index is 12.8. The number of carbonyl (C=O) groups is 1. The van der Waals surface area contributed by atoms with Crippen LogP contribution in [0.15, 0.2) is 66.7 Å². The van der Waals surface area contributed by atoms with Crippen molar-refractivity contribution in [1.29, 1.82) is 0 Å². The summed E-state index contributed by atoms with van der Waals surface area (Å²) in [6.07, 6.45) is 1.87. The summed E-state index contributed by atoms with van der Waals surface area (Å²) in [5.41, 5.74) is 6.13. The molecule has 0 fully saturated rings. The average molecular weight is 442 g/mol. The predicted molar refractivity (Wildman–Crippen MR) is 133 cm³/mol. The number of aryl methyl sites for hydroxylation is 4. The Balaban J connectivity index is 1.42. The molecule has 0 atom stereocenters. The Labute approximate surface area is 195 Å². The normalized spacial score (nSPS) is 11.0. The number of para-hydroxylation sites is 2. The van der Waals surface area contributed by atoms with Crippen LogP contribution in [-0.4, -0.2) is 22.1 Å². The third-order valence-corrected chi connectivity index (χ3v) is 5.89. The number of nitrogens with zero attached hydrogens (tertiary/aromatic N) is 2. The lowest BCUT2D eigenvalue weighted by Crippen LogP contribution is -2.25. The third-order valence-electron chi connectivity index (χ3n) is 5.89. The molecule has 0 bridgehead atoms. The van der Waals surface area contributed by atoms with Gasteiger partial charge < -0.3 is 14.6 Å². The van der Waals surface area contributed by atoms with Gasteiger partial charge in [-0.2, -0.15) is 0 Å². The largest absolute Gasteiger partial charge is 0.494 e. The number of nitrogens with one attached hydrogen (secondary N) is 1. The third kappa shape index (κ3) is 5.43. The minimum absolute atomic E-state index is 0.0787. The van der Waals surface area contributed by atoms with Gasteiger partial charge in [0.1, 0.15) is 11.6 Å². The molecule has 4 rings (SSSR count). The molecule has 5 heteroatoms. The van der Waals surface area contributed by atoms with E-state index in [2.05, 4.69) is 35.0 Å². The Morgan fingerprint density at radius 3 is 2.58 bits per heavy atom. The summed E-state index contributed by atoms with van der Waals surface area (Å²) >= 11 is 0. The lowest BCUT2D eigenvalue weighted by atomic mass is 10.1. The van der Waals surface area contributed by atoms with E-state index in [-0.39, 0.29) is 5.91 Å². The molecule has 0 aliphatic rings. The zero-order chi connectivity index (χ0) is 23.2. The summed E-state index contributed by atoms with van der Waals surface area (Å²) in [4.78, 5) is 17.5. The Bertz CT molecular complexity index is 1240. The summed E-state index contributed by atoms with van der Waals surface area (Å²) in [7, 11) is 0. The molecule has 33 heavy (non-hydrogen) atoms. The first-order valence-corrected chi connectivity index (χ1v) is 11.6. The first-order chi connectivity index (χ1) is 16.0. The van der Waals surface area contributed by atoms with E-state index in [0.29, 0.717) is 18.7 Å². The zero-order valence-electron chi connectivity index (χ0n) is 19.6. The van der Waals surface area contributed by atoms with E-state index in [1.807, 2.05) is 62.4 Å². The number of aromatic nitrogens is 2. The second kappa shape index (κ2) is 10.3. The Kier molecular flexibility index (Phi) is 7.08. The Morgan fingerprint density at radius 2 is 1.82 bits per heavy atom. The van der Waals surface area contributed by atoms with Crippen molar-refractivity contribution < 1.29 is 9.53 Å². The summed E-state index contributed by atoms with van der Waals surface area (Å²) in [5, 5.41) is 3.05. The number of amides is 1. The monoisotopic (exact) mass is 441 g/mol. The van der Waals surface area contributed by atoms with Crippen LogP contribution in [0.25, 0.3) is 11.0 Å². The number of hydrogen-bond acceptors (Lipinski definition) is 3. The van der Waals surface area contributed by atoms with Gasteiger partial charge in [-0.15, -0.1) is 0 Å². The fraction of sp³-hybridized carbons (Fsp3) is 0.286. The van der Waals surface area contributed by atoms with Crippen molar-refractivity contribution in [2.75, 3.05) is 6.61 Å². The van der Waals surface area contributed by atoms with Crippen molar-refractivity contribution in [3.8, 4) is 5.75 Å². The van der Waals surface area contributed by atoms with E-state index in [1.165, 1.54) is 5.56 Å². The number of benzene rings is 3. The number of imidazole rings is 1. The molecule has 3 aromatic carbocycles. The quantitative estimate of drug-likeness (QED) is 0.343. The Morgan fingerprint density at radius 1 is 1.03 bits per heavy atom. The highest BCUT2D eigenvalue weighted by Crippen LogP contribution is 2.18. The second-order valence-corrected chi connectivity index (χ2v) is 8.37. The molecule has 5 nitrogen and oxygen atoms in total. The highest BCUT2D eigenvalue weighted by Gasteiger charge is 2.13. The summed E-state index contributed by atoms with van der Waals surface area (Å²) in [6, 6.07) is 22.2. The molecular formula is C28H31N3O2. The van der Waals surface area contributed by atoms with Gasteiger partial charge in [0.2, 0.25) is 0 Å². The molecule has 1 amide bonds. The molecule has 0 saturated heterocycles. The van der Waals surface area contributed by atoms with Crippen LogP contribution in [0, 0.1) is 13.8 Å². The molecule has 1 heterocycles. The van der Waals surface area contributed by atoms with E-state index in [4.69, 9.17) is 9.72 Å². The molecule has 170 valence electrons. The smallest absolute Gasteiger partial charge is 0.251 e. The molecule has 0 spiro atoms. The maximum absolute atomic E-state index is 12.8. The van der Waals surface area contributed by atoms with Crippen LogP contribution in [0.2, 0.25) is 0 Å². The Hall–Kier alpha value is -3.60. The number of carbonyl (C=O) groups excluding carboxylic acids is 1. The van der Waals surface area contributed by atoms with Crippen LogP contribution in [0.4, 0.5) is 0 Å². The zero-order valence-corrected chi connectivity index (χ0v) is 19.6. The molecule has 4 aromatic rings. The lowest BCUT2D eigenvalue weighted by molar-refractivity contribution is 0.0949. The SMILES string of the molecule is CCc1ccc(OCCCn2c(CNC(=O)c3ccc(C)cc3C)nc3ccccc32)cc1. The van der Waals surface area contributed by atoms with Crippen LogP contribution < -0.4 is 10.1 Å². The number of rotatable bonds is 9. The first kappa shape index (κ1) is 22.6. The van der Waals surface area contributed by atoms with E-state index in [1.54, 1.807) is 0 Å². The standard InChI is InChI=1S/C28H31N3O2/c1-4-22-11-13-23(14-12-22)33-17-7-16-31-26-9-6-5-8-25(26)30-27(31)19-29-28(32)24-15-10-20(2)18-21(24)3/h5-6,8-15,18H,4,7,16-17,19H2,1-3H3,(H,29,32). The number of fused-ring (bicyclic) bond motifs is 1. The number of hydrogen-bond donors (Lipinski definition) is 1. The fourth-order valence-electron chi connectivity index (χ4n) is 4.07. The van der Waals surface area contributed by atoms with Crippen molar-refractivity contribution >= 4 is 16.9 Å². The lowest BCUT2D eigenvalue weighted by Gasteiger charge is -2.12. The van der Waals surface area contributed by atoms with Gasteiger partial charge in [-0.05, 0) is 68.1 Å². The van der Waals surface area contributed by atoms with Crippen LogP contribution in [0.1, 0.15) is 46.2 Å². The van der Waals surface area contributed by atoms with Gasteiger partial charge in [0.25, 0.3) is 5.91 Å². The van der Waals surface area contributed by atoms with Crippen LogP contribution in [0.3, 0.4) is 0 Å². The van der Waals surface area contributed by atoms with Gasteiger partial charge in [0.05, 0.1) is 24.2 Å². The maximum Gasteiger partial charge on any atom is 0.251 e. The van der Waals surface area contributed by atoms with Crippen molar-refractivity contribution in [1.82, 2.24) is 14.9 Å². The summed E-state index contributed by atoms with van der Waals surface area (Å²) in [6.45, 7) is 7.90. The van der Waals surface area contributed by atoms with Crippen molar-refractivity contribution in [3.05, 3.63) is 94.8 Å². The molecule has 0 aliphatic carbocycles. The van der Waals surface area contributed by atoms with Crippen LogP contribution in [-0.2, 0) is 19.5 Å². The van der Waals surface area contributed by atoms with E-state index in [0.717, 1.165) is 53.1 Å². The van der Waals surface area contributed by atoms with Gasteiger partial charge >= 0.3 is 0 Å². The van der Waals surface area contributed by atoms with E-state index < -0.39 is 0 Å². The summed E-state index contributed by atoms with van der Waals surface area (Å²) < 4.78 is 8.11. The highest BCUT2D eigenvalue weighted by atomic mass is 16.5. The minimum Gasteiger partial charge on any atom is -0.494 e. The molecule has 1 N–H and O–H groups in total. The van der Waals surface area contributed by atoms with Gasteiger partial charge in [0, 0.05) is 12.1 Å². The van der Waals surface area contributed by atoms with Gasteiger partial charge in [-0.3, -0.25) is 4.79 Å². The first-order valence-electron chi connectivity index (χ1n) is 11.6. The van der Waals surface area contributed by atoms with Crippen LogP contribution in [0.5, 0.6) is 5.75 Å². The van der Waals surface area contributed by atoms with Crippen molar-refractivity contribution in [2.45, 2.75) is 46.7 Å². The molecule has 0 unspecified atom stereocenters. The predicted octanol–water partition coefficient (Wildman–Crippen LogP) is 5.61. The average Bonchev–Trinajstić information content (AvgIpc) is 3.18. The molecule has 0 aliphatic heterocycles. The number of ether oxygens (including phenoxy) is 1. The fourth-order valence-corrected chi connectivity index (χ4v) is 4.07. The molecule has 1 aromatic heterocycles. The highest BCUT2D eigenvalue weighted by molar-refractivity contribution is 5.95. The van der Waals surface area contributed by atoms with Gasteiger partial charge in [-0.1, -0.05) is 48.9 Å². The topological polar surface area (TPSA) is 56.1 Å². The van der Waals surface area contributed by atoms with Crippen molar-refractivity contribution in [3.63, 3.8) is 0 Å². The van der Waals surface area contributed by atoms with Gasteiger partial charge in [-0.25, -0.2) is 4.98 Å². The van der Waals surface area contributed by atoms with Crippen LogP contribution >= 0.6 is 0 Å². The van der Waals surface area contributed by atoms with Crippen molar-refractivity contribution in [2.24, 2.45) is 0 Å². The van der Waals surface area contributed by atoms with E-state index in [9.17, 15) is 4.79 Å². The second-order valence-electron chi connectivity index (χ2n) is 8.37. The molecular weight excluding hydrogens is 410 g/mol. The van der Waals surface area contributed by atoms with E-state index >= 15 is 0 Å². The molecule has 0 saturated carbocycles. The molecule has 0 radical (unpaired) electrons. The van der Waals surface area contributed by atoms with Gasteiger partial charge in [0.15, 0.2) is 0 Å². The summed E-state index contributed by atoms with van der Waals surface area (Å²) in [5.74, 6) is 1.66.